The number of piperidine rings is 1. The van der Waals surface area contributed by atoms with Crippen LogP contribution in [0.25, 0.3) is 0 Å². The Labute approximate surface area is 115 Å². The van der Waals surface area contributed by atoms with Crippen molar-refractivity contribution in [2.45, 2.75) is 51.1 Å². The summed E-state index contributed by atoms with van der Waals surface area (Å²) in [7, 11) is 2.20. The van der Waals surface area contributed by atoms with Crippen LogP contribution in [0, 0.1) is 12.8 Å². The van der Waals surface area contributed by atoms with Crippen LogP contribution in [0.3, 0.4) is 0 Å². The van der Waals surface area contributed by atoms with Crippen molar-refractivity contribution in [3.63, 3.8) is 0 Å². The van der Waals surface area contributed by atoms with Crippen molar-refractivity contribution >= 4 is 5.78 Å². The quantitative estimate of drug-likeness (QED) is 0.811. The first kappa shape index (κ1) is 12.9. The number of Topliss-reactive ketones (excluding diaryl/α,β-unsaturated/α-hetero) is 1. The number of hydrogen-bond donors (Lipinski definition) is 0. The first-order chi connectivity index (χ1) is 9.08. The van der Waals surface area contributed by atoms with Crippen LogP contribution in [0.5, 0.6) is 0 Å². The predicted molar refractivity (Wildman–Crippen MR) is 77.3 cm³/mol. The van der Waals surface area contributed by atoms with Crippen LogP contribution in [0.15, 0.2) is 24.3 Å². The number of nitrogens with zero attached hydrogens (tertiary/aromatic N) is 1. The molecule has 0 amide bonds. The van der Waals surface area contributed by atoms with E-state index in [2.05, 4.69) is 43.1 Å². The van der Waals surface area contributed by atoms with Crippen LogP contribution in [0.2, 0.25) is 0 Å². The summed E-state index contributed by atoms with van der Waals surface area (Å²) in [6, 6.07) is 9.93. The highest BCUT2D eigenvalue weighted by Crippen LogP contribution is 2.46. The summed E-state index contributed by atoms with van der Waals surface area (Å²) in [5, 5.41) is 0. The first-order valence-electron chi connectivity index (χ1n) is 7.37. The summed E-state index contributed by atoms with van der Waals surface area (Å²) in [6.45, 7) is 3.89. The Balaban J connectivity index is 1.95. The summed E-state index contributed by atoms with van der Waals surface area (Å²) in [5.41, 5.74) is 2.65. The minimum absolute atomic E-state index is 0.187. The lowest BCUT2D eigenvalue weighted by Gasteiger charge is -2.42. The fraction of sp³-hybridized carbons (Fsp3) is 0.588. The molecule has 2 aliphatic heterocycles. The van der Waals surface area contributed by atoms with Gasteiger partial charge >= 0.3 is 0 Å². The molecule has 3 rings (SSSR count). The Hall–Kier alpha value is -1.15. The monoisotopic (exact) mass is 257 g/mol. The summed E-state index contributed by atoms with van der Waals surface area (Å²) in [6.07, 6.45) is 3.58. The van der Waals surface area contributed by atoms with Gasteiger partial charge in [-0.3, -0.25) is 9.69 Å². The molecule has 2 heteroatoms. The second-order valence-corrected chi connectivity index (χ2v) is 6.35. The molecule has 2 nitrogen and oxygen atoms in total. The van der Waals surface area contributed by atoms with Crippen molar-refractivity contribution in [3.8, 4) is 0 Å². The van der Waals surface area contributed by atoms with E-state index in [0.29, 0.717) is 23.8 Å². The van der Waals surface area contributed by atoms with Gasteiger partial charge in [-0.2, -0.15) is 0 Å². The van der Waals surface area contributed by atoms with Gasteiger partial charge in [0, 0.05) is 18.0 Å². The molecule has 2 bridgehead atoms. The highest BCUT2D eigenvalue weighted by atomic mass is 16.1. The fourth-order valence-electron chi connectivity index (χ4n) is 4.18. The van der Waals surface area contributed by atoms with E-state index in [1.807, 2.05) is 0 Å². The van der Waals surface area contributed by atoms with Gasteiger partial charge in [-0.1, -0.05) is 29.8 Å². The Morgan fingerprint density at radius 1 is 1.21 bits per heavy atom. The second kappa shape index (κ2) is 4.75. The van der Waals surface area contributed by atoms with Crippen molar-refractivity contribution < 1.29 is 4.79 Å². The molecule has 2 saturated heterocycles. The van der Waals surface area contributed by atoms with Gasteiger partial charge in [0.2, 0.25) is 0 Å². The van der Waals surface area contributed by atoms with Gasteiger partial charge < -0.3 is 0 Å². The number of ketones is 1. The summed E-state index contributed by atoms with van der Waals surface area (Å²) in [4.78, 5) is 14.6. The average molecular weight is 257 g/mol. The van der Waals surface area contributed by atoms with Crippen molar-refractivity contribution in [1.29, 1.82) is 0 Å². The SMILES string of the molecule is CC(=O)[C@@H]1C2CCC(C[C@@H]1c1ccc(C)cc1)N2C. The number of benzene rings is 1. The third-order valence-electron chi connectivity index (χ3n) is 5.24. The van der Waals surface area contributed by atoms with Gasteiger partial charge in [0.25, 0.3) is 0 Å². The topological polar surface area (TPSA) is 20.3 Å². The van der Waals surface area contributed by atoms with Gasteiger partial charge in [0.05, 0.1) is 0 Å². The molecule has 0 N–H and O–H groups in total. The molecule has 0 aromatic heterocycles. The normalized spacial score (nSPS) is 34.5. The van der Waals surface area contributed by atoms with E-state index in [4.69, 9.17) is 0 Å². The standard InChI is InChI=1S/C17H23NO/c1-11-4-6-13(7-5-11)15-10-14-8-9-16(18(14)3)17(15)12(2)19/h4-7,14-17H,8-10H2,1-3H3/t14?,15-,16?,17+/m1/s1. The smallest absolute Gasteiger partial charge is 0.135 e. The van der Waals surface area contributed by atoms with E-state index in [1.54, 1.807) is 6.92 Å². The Kier molecular flexibility index (Phi) is 3.22. The van der Waals surface area contributed by atoms with Crippen LogP contribution in [0.4, 0.5) is 0 Å². The number of rotatable bonds is 2. The lowest BCUT2D eigenvalue weighted by Crippen LogP contribution is -2.48. The number of carbonyl (C=O) groups excluding carboxylic acids is 1. The van der Waals surface area contributed by atoms with E-state index in [9.17, 15) is 4.79 Å². The van der Waals surface area contributed by atoms with Gasteiger partial charge in [0.15, 0.2) is 0 Å². The maximum absolute atomic E-state index is 12.2. The lowest BCUT2D eigenvalue weighted by atomic mass is 9.74. The minimum Gasteiger partial charge on any atom is -0.300 e. The van der Waals surface area contributed by atoms with E-state index in [-0.39, 0.29) is 5.92 Å². The van der Waals surface area contributed by atoms with E-state index in [1.165, 1.54) is 24.0 Å². The Morgan fingerprint density at radius 2 is 1.89 bits per heavy atom. The predicted octanol–water partition coefficient (Wildman–Crippen LogP) is 3.15. The first-order valence-corrected chi connectivity index (χ1v) is 7.37. The highest BCUT2D eigenvalue weighted by Gasteiger charge is 2.47. The van der Waals surface area contributed by atoms with Gasteiger partial charge in [-0.25, -0.2) is 0 Å². The third-order valence-corrected chi connectivity index (χ3v) is 5.24. The van der Waals surface area contributed by atoms with Crippen molar-refractivity contribution in [2.24, 2.45) is 5.92 Å². The van der Waals surface area contributed by atoms with E-state index >= 15 is 0 Å². The molecule has 19 heavy (non-hydrogen) atoms. The number of aryl methyl sites for hydroxylation is 1. The summed E-state index contributed by atoms with van der Waals surface area (Å²) >= 11 is 0. The maximum atomic E-state index is 12.2. The van der Waals surface area contributed by atoms with Gasteiger partial charge in [-0.15, -0.1) is 0 Å². The van der Waals surface area contributed by atoms with Crippen LogP contribution in [0.1, 0.15) is 43.2 Å². The van der Waals surface area contributed by atoms with Crippen LogP contribution in [-0.4, -0.2) is 29.8 Å². The highest BCUT2D eigenvalue weighted by molar-refractivity contribution is 5.80. The van der Waals surface area contributed by atoms with Crippen LogP contribution < -0.4 is 0 Å². The average Bonchev–Trinajstić information content (AvgIpc) is 2.63. The summed E-state index contributed by atoms with van der Waals surface area (Å²) in [5.74, 6) is 0.973. The molecule has 0 aliphatic carbocycles. The number of fused-ring (bicyclic) bond motifs is 2. The molecule has 2 aliphatic rings. The molecule has 1 aromatic rings. The zero-order valence-corrected chi connectivity index (χ0v) is 12.1. The molecule has 0 saturated carbocycles. The molecular formula is C17H23NO. The zero-order chi connectivity index (χ0) is 13.6. The third kappa shape index (κ3) is 2.12. The van der Waals surface area contributed by atoms with Gasteiger partial charge in [0.1, 0.15) is 5.78 Å². The van der Waals surface area contributed by atoms with Crippen molar-refractivity contribution in [1.82, 2.24) is 4.90 Å². The van der Waals surface area contributed by atoms with E-state index < -0.39 is 0 Å². The minimum atomic E-state index is 0.187. The molecule has 102 valence electrons. The Morgan fingerprint density at radius 3 is 2.53 bits per heavy atom. The second-order valence-electron chi connectivity index (χ2n) is 6.35. The zero-order valence-electron chi connectivity index (χ0n) is 12.1. The molecule has 0 radical (unpaired) electrons. The molecule has 2 heterocycles. The molecule has 2 unspecified atom stereocenters. The number of carbonyl (C=O) groups is 1. The van der Waals surface area contributed by atoms with Crippen LogP contribution in [-0.2, 0) is 4.79 Å². The fourth-order valence-corrected chi connectivity index (χ4v) is 4.18. The largest absolute Gasteiger partial charge is 0.300 e. The Bertz CT molecular complexity index is 479. The summed E-state index contributed by atoms with van der Waals surface area (Å²) < 4.78 is 0. The number of hydrogen-bond acceptors (Lipinski definition) is 2. The molecule has 1 aromatic carbocycles. The van der Waals surface area contributed by atoms with Crippen molar-refractivity contribution in [2.75, 3.05) is 7.05 Å². The molecular weight excluding hydrogens is 234 g/mol. The van der Waals surface area contributed by atoms with Gasteiger partial charge in [-0.05, 0) is 51.6 Å². The molecule has 4 atom stereocenters. The van der Waals surface area contributed by atoms with Crippen molar-refractivity contribution in [3.05, 3.63) is 35.4 Å². The molecule has 2 fully saturated rings. The maximum Gasteiger partial charge on any atom is 0.135 e. The lowest BCUT2D eigenvalue weighted by molar-refractivity contribution is -0.124. The van der Waals surface area contributed by atoms with Crippen LogP contribution >= 0.6 is 0 Å². The van der Waals surface area contributed by atoms with E-state index in [0.717, 1.165) is 6.42 Å². The molecule has 0 spiro atoms.